The van der Waals surface area contributed by atoms with Crippen LogP contribution in [0.1, 0.15) is 38.2 Å². The van der Waals surface area contributed by atoms with E-state index in [0.29, 0.717) is 16.9 Å². The van der Waals surface area contributed by atoms with Crippen LogP contribution in [-0.4, -0.2) is 43.0 Å². The number of piperidine rings is 1. The van der Waals surface area contributed by atoms with E-state index in [1.165, 1.54) is 18.4 Å². The van der Waals surface area contributed by atoms with Crippen molar-refractivity contribution in [1.29, 1.82) is 0 Å². The summed E-state index contributed by atoms with van der Waals surface area (Å²) < 4.78 is 2.55. The van der Waals surface area contributed by atoms with Crippen LogP contribution >= 0.6 is 12.2 Å². The second-order valence-corrected chi connectivity index (χ2v) is 7.36. The fourth-order valence-corrected chi connectivity index (χ4v) is 4.31. The summed E-state index contributed by atoms with van der Waals surface area (Å²) in [4.78, 5) is 7.01. The molecule has 0 spiro atoms. The Bertz CT molecular complexity index is 752. The van der Waals surface area contributed by atoms with Gasteiger partial charge in [-0.2, -0.15) is 4.98 Å². The van der Waals surface area contributed by atoms with Crippen LogP contribution in [-0.2, 0) is 13.1 Å². The van der Waals surface area contributed by atoms with Gasteiger partial charge in [0, 0.05) is 17.6 Å². The number of hydrogen-bond acceptors (Lipinski definition) is 4. The number of fused-ring (bicyclic) bond motifs is 2. The van der Waals surface area contributed by atoms with E-state index < -0.39 is 0 Å². The number of rotatable bonds is 4. The Balaban J connectivity index is 1.54. The van der Waals surface area contributed by atoms with Gasteiger partial charge in [-0.25, -0.2) is 4.68 Å². The zero-order chi connectivity index (χ0) is 16.7. The summed E-state index contributed by atoms with van der Waals surface area (Å²) in [6.45, 7) is 2.89. The molecule has 2 N–H and O–H groups in total. The van der Waals surface area contributed by atoms with Crippen LogP contribution in [0.2, 0.25) is 0 Å². The van der Waals surface area contributed by atoms with E-state index in [2.05, 4.69) is 46.2 Å². The van der Waals surface area contributed by atoms with E-state index in [4.69, 9.17) is 12.2 Å². The fraction of sp³-hybridized carbons (Fsp3) is 0.556. The Labute approximate surface area is 147 Å². The van der Waals surface area contributed by atoms with Crippen LogP contribution < -0.4 is 0 Å². The number of nitrogens with one attached hydrogen (secondary N) is 1. The third-order valence-electron chi connectivity index (χ3n) is 5.48. The molecule has 0 aliphatic carbocycles. The predicted molar refractivity (Wildman–Crippen MR) is 96.1 cm³/mol. The predicted octanol–water partition coefficient (Wildman–Crippen LogP) is 3.12. The quantitative estimate of drug-likeness (QED) is 0.837. The molecule has 3 heterocycles. The van der Waals surface area contributed by atoms with Crippen molar-refractivity contribution in [3.63, 3.8) is 0 Å². The number of hydrogen-bond donors (Lipinski definition) is 2. The number of aliphatic hydroxyl groups excluding tert-OH is 1. The molecular weight excluding hydrogens is 320 g/mol. The van der Waals surface area contributed by atoms with Crippen molar-refractivity contribution >= 4 is 12.2 Å². The minimum absolute atomic E-state index is 0.138. The maximum atomic E-state index is 9.95. The molecular formula is C18H24N4OS. The molecule has 1 aromatic carbocycles. The van der Waals surface area contributed by atoms with E-state index in [0.717, 1.165) is 37.3 Å². The maximum absolute atomic E-state index is 9.95. The summed E-state index contributed by atoms with van der Waals surface area (Å²) >= 11 is 5.46. The summed E-state index contributed by atoms with van der Waals surface area (Å²) in [7, 11) is 0. The van der Waals surface area contributed by atoms with Crippen LogP contribution in [0.5, 0.6) is 0 Å². The SMILES string of the molecule is CCc1ccc(-c2nc(=S)n(CN3C4CCC3CC(O)C4)[nH]2)cc1. The second kappa shape index (κ2) is 6.43. The molecule has 2 saturated heterocycles. The van der Waals surface area contributed by atoms with E-state index in [9.17, 15) is 5.11 Å². The molecule has 2 aromatic rings. The lowest BCUT2D eigenvalue weighted by Gasteiger charge is -2.36. The molecule has 24 heavy (non-hydrogen) atoms. The van der Waals surface area contributed by atoms with E-state index >= 15 is 0 Å². The zero-order valence-corrected chi connectivity index (χ0v) is 14.8. The molecule has 6 heteroatoms. The van der Waals surface area contributed by atoms with Crippen molar-refractivity contribution in [2.75, 3.05) is 0 Å². The summed E-state index contributed by atoms with van der Waals surface area (Å²) in [5.41, 5.74) is 2.38. The monoisotopic (exact) mass is 344 g/mol. The van der Waals surface area contributed by atoms with Gasteiger partial charge in [0.15, 0.2) is 5.82 Å². The molecule has 0 amide bonds. The summed E-state index contributed by atoms with van der Waals surface area (Å²) in [5.74, 6) is 0.826. The Morgan fingerprint density at radius 3 is 2.50 bits per heavy atom. The van der Waals surface area contributed by atoms with Crippen LogP contribution in [0.3, 0.4) is 0 Å². The largest absolute Gasteiger partial charge is 0.393 e. The van der Waals surface area contributed by atoms with Gasteiger partial charge in [0.2, 0.25) is 4.77 Å². The lowest BCUT2D eigenvalue weighted by molar-refractivity contribution is 0.0153. The normalized spacial score (nSPS) is 26.8. The second-order valence-electron chi connectivity index (χ2n) is 7.00. The summed E-state index contributed by atoms with van der Waals surface area (Å²) in [6, 6.07) is 9.40. The third kappa shape index (κ3) is 2.94. The molecule has 2 unspecified atom stereocenters. The topological polar surface area (TPSA) is 57.1 Å². The highest BCUT2D eigenvalue weighted by Crippen LogP contribution is 2.36. The van der Waals surface area contributed by atoms with Crippen molar-refractivity contribution in [3.05, 3.63) is 34.6 Å². The highest BCUT2D eigenvalue weighted by Gasteiger charge is 2.40. The van der Waals surface area contributed by atoms with Gasteiger partial charge in [-0.1, -0.05) is 31.2 Å². The van der Waals surface area contributed by atoms with Gasteiger partial charge in [0.1, 0.15) is 0 Å². The molecule has 128 valence electrons. The number of aromatic amines is 1. The van der Waals surface area contributed by atoms with Crippen LogP contribution in [0.4, 0.5) is 0 Å². The number of H-pyrrole nitrogens is 1. The van der Waals surface area contributed by atoms with Crippen molar-refractivity contribution in [1.82, 2.24) is 19.7 Å². The number of nitrogens with zero attached hydrogens (tertiary/aromatic N) is 3. The lowest BCUT2D eigenvalue weighted by Crippen LogP contribution is -2.45. The van der Waals surface area contributed by atoms with Gasteiger partial charge in [-0.05, 0) is 49.9 Å². The molecule has 2 bridgehead atoms. The average Bonchev–Trinajstić information content (AvgIpc) is 3.06. The standard InChI is InChI=1S/C18H24N4OS/c1-2-12-3-5-13(6-4-12)17-19-18(24)22(20-17)11-21-14-7-8-15(21)10-16(23)9-14/h3-6,14-16,23H,2,7-11H2,1H3,(H,19,20,24). The first-order chi connectivity index (χ1) is 11.6. The molecule has 5 nitrogen and oxygen atoms in total. The minimum atomic E-state index is -0.138. The van der Waals surface area contributed by atoms with E-state index in [-0.39, 0.29) is 6.10 Å². The average molecular weight is 344 g/mol. The molecule has 2 aliphatic rings. The molecule has 4 rings (SSSR count). The molecule has 0 radical (unpaired) electrons. The Morgan fingerprint density at radius 2 is 1.88 bits per heavy atom. The van der Waals surface area contributed by atoms with Gasteiger partial charge in [-0.15, -0.1) is 0 Å². The third-order valence-corrected chi connectivity index (χ3v) is 5.79. The summed E-state index contributed by atoms with van der Waals surface area (Å²) in [5, 5.41) is 13.3. The molecule has 0 saturated carbocycles. The number of aryl methyl sites for hydroxylation is 1. The Hall–Kier alpha value is -1.50. The van der Waals surface area contributed by atoms with Crippen molar-refractivity contribution in [2.24, 2.45) is 0 Å². The smallest absolute Gasteiger partial charge is 0.217 e. The van der Waals surface area contributed by atoms with Gasteiger partial charge < -0.3 is 5.11 Å². The van der Waals surface area contributed by atoms with Gasteiger partial charge in [0.05, 0.1) is 12.8 Å². The van der Waals surface area contributed by atoms with Gasteiger partial charge in [0.25, 0.3) is 0 Å². The lowest BCUT2D eigenvalue weighted by atomic mass is 10.0. The number of aromatic nitrogens is 3. The fourth-order valence-electron chi connectivity index (χ4n) is 4.12. The van der Waals surface area contributed by atoms with Crippen molar-refractivity contribution in [2.45, 2.75) is 63.9 Å². The van der Waals surface area contributed by atoms with Crippen molar-refractivity contribution in [3.8, 4) is 11.4 Å². The summed E-state index contributed by atoms with van der Waals surface area (Å²) in [6.07, 6.45) is 5.00. The number of benzene rings is 1. The van der Waals surface area contributed by atoms with Crippen LogP contribution in [0.15, 0.2) is 24.3 Å². The minimum Gasteiger partial charge on any atom is -0.393 e. The Kier molecular flexibility index (Phi) is 4.28. The number of aliphatic hydroxyl groups is 1. The van der Waals surface area contributed by atoms with E-state index in [1.54, 1.807) is 0 Å². The molecule has 1 aromatic heterocycles. The Morgan fingerprint density at radius 1 is 1.21 bits per heavy atom. The van der Waals surface area contributed by atoms with Crippen molar-refractivity contribution < 1.29 is 5.11 Å². The highest BCUT2D eigenvalue weighted by atomic mass is 32.1. The molecule has 2 aliphatic heterocycles. The maximum Gasteiger partial charge on any atom is 0.217 e. The van der Waals surface area contributed by atoms with E-state index in [1.807, 2.05) is 4.68 Å². The highest BCUT2D eigenvalue weighted by molar-refractivity contribution is 7.71. The molecule has 2 fully saturated rings. The van der Waals surface area contributed by atoms with Gasteiger partial charge >= 0.3 is 0 Å². The zero-order valence-electron chi connectivity index (χ0n) is 14.0. The van der Waals surface area contributed by atoms with Gasteiger partial charge in [-0.3, -0.25) is 10.00 Å². The molecule has 2 atom stereocenters. The van der Waals surface area contributed by atoms with Crippen LogP contribution in [0.25, 0.3) is 11.4 Å². The van der Waals surface area contributed by atoms with Crippen LogP contribution in [0, 0.1) is 4.77 Å². The first-order valence-corrected chi connectivity index (χ1v) is 9.25. The first kappa shape index (κ1) is 16.0. The first-order valence-electron chi connectivity index (χ1n) is 8.84.